The maximum atomic E-state index is 6.07. The third-order valence-electron chi connectivity index (χ3n) is 4.25. The van der Waals surface area contributed by atoms with Gasteiger partial charge in [-0.2, -0.15) is 0 Å². The van der Waals surface area contributed by atoms with Crippen molar-refractivity contribution in [2.45, 2.75) is 0 Å². The maximum Gasteiger partial charge on any atom is 0.136 e. The third kappa shape index (κ3) is 1.40. The van der Waals surface area contributed by atoms with Crippen molar-refractivity contribution >= 4 is 43.5 Å². The van der Waals surface area contributed by atoms with E-state index in [1.807, 2.05) is 0 Å². The number of hydrogen-bond donors (Lipinski definition) is 0. The molecule has 1 aromatic heterocycles. The highest BCUT2D eigenvalue weighted by Gasteiger charge is 2.12. The summed E-state index contributed by atoms with van der Waals surface area (Å²) in [6, 6.07) is 25.4. The van der Waals surface area contributed by atoms with Gasteiger partial charge in [0.2, 0.25) is 0 Å². The van der Waals surface area contributed by atoms with Crippen LogP contribution in [-0.4, -0.2) is 0 Å². The molecule has 98 valence electrons. The SMILES string of the molecule is c1ccc2c(c1)ccc1oc3ccc4ccccc4c3c12. The molecule has 0 aliphatic rings. The van der Waals surface area contributed by atoms with Crippen molar-refractivity contribution in [3.63, 3.8) is 0 Å². The summed E-state index contributed by atoms with van der Waals surface area (Å²) in [5.41, 5.74) is 1.92. The lowest BCUT2D eigenvalue weighted by Gasteiger charge is -2.01. The summed E-state index contributed by atoms with van der Waals surface area (Å²) >= 11 is 0. The summed E-state index contributed by atoms with van der Waals surface area (Å²) in [7, 11) is 0. The van der Waals surface area contributed by atoms with E-state index in [-0.39, 0.29) is 0 Å². The summed E-state index contributed by atoms with van der Waals surface area (Å²) in [4.78, 5) is 0. The first kappa shape index (κ1) is 10.9. The van der Waals surface area contributed by atoms with E-state index < -0.39 is 0 Å². The molecule has 0 unspecified atom stereocenters. The lowest BCUT2D eigenvalue weighted by molar-refractivity contribution is 0.669. The maximum absolute atomic E-state index is 6.07. The highest BCUT2D eigenvalue weighted by molar-refractivity contribution is 6.26. The third-order valence-corrected chi connectivity index (χ3v) is 4.25. The van der Waals surface area contributed by atoms with Gasteiger partial charge in [0, 0.05) is 10.8 Å². The van der Waals surface area contributed by atoms with Crippen LogP contribution in [0.5, 0.6) is 0 Å². The number of hydrogen-bond acceptors (Lipinski definition) is 1. The summed E-state index contributed by atoms with van der Waals surface area (Å²) < 4.78 is 6.07. The Morgan fingerprint density at radius 2 is 0.952 bits per heavy atom. The topological polar surface area (TPSA) is 13.1 Å². The molecule has 0 amide bonds. The van der Waals surface area contributed by atoms with Crippen LogP contribution < -0.4 is 0 Å². The van der Waals surface area contributed by atoms with Gasteiger partial charge in [-0.15, -0.1) is 0 Å². The van der Waals surface area contributed by atoms with Crippen LogP contribution in [0.4, 0.5) is 0 Å². The smallest absolute Gasteiger partial charge is 0.136 e. The molecule has 0 fully saturated rings. The van der Waals surface area contributed by atoms with E-state index in [1.165, 1.54) is 32.3 Å². The molecule has 0 atom stereocenters. The molecule has 5 aromatic rings. The Morgan fingerprint density at radius 3 is 1.48 bits per heavy atom. The molecule has 0 aliphatic heterocycles. The second-order valence-corrected chi connectivity index (χ2v) is 5.42. The van der Waals surface area contributed by atoms with Crippen LogP contribution in [0, 0.1) is 0 Å². The fourth-order valence-electron chi connectivity index (χ4n) is 3.31. The number of fused-ring (bicyclic) bond motifs is 7. The summed E-state index contributed by atoms with van der Waals surface area (Å²) in [5.74, 6) is 0. The summed E-state index contributed by atoms with van der Waals surface area (Å²) in [5, 5.41) is 7.45. The highest BCUT2D eigenvalue weighted by Crippen LogP contribution is 2.38. The molecule has 0 spiro atoms. The molecule has 0 N–H and O–H groups in total. The van der Waals surface area contributed by atoms with Gasteiger partial charge in [0.05, 0.1) is 0 Å². The van der Waals surface area contributed by atoms with Crippen molar-refractivity contribution in [3.8, 4) is 0 Å². The van der Waals surface area contributed by atoms with E-state index in [4.69, 9.17) is 4.42 Å². The van der Waals surface area contributed by atoms with Gasteiger partial charge in [-0.3, -0.25) is 0 Å². The molecular weight excluding hydrogens is 256 g/mol. The molecule has 21 heavy (non-hydrogen) atoms. The van der Waals surface area contributed by atoms with Crippen molar-refractivity contribution in [1.29, 1.82) is 0 Å². The average molecular weight is 268 g/mol. The average Bonchev–Trinajstić information content (AvgIpc) is 2.94. The zero-order chi connectivity index (χ0) is 13.8. The normalized spacial score (nSPS) is 11.8. The molecule has 4 aromatic carbocycles. The van der Waals surface area contributed by atoms with Crippen molar-refractivity contribution in [3.05, 3.63) is 72.8 Å². The minimum Gasteiger partial charge on any atom is -0.456 e. The lowest BCUT2D eigenvalue weighted by Crippen LogP contribution is -1.76. The fourth-order valence-corrected chi connectivity index (χ4v) is 3.31. The highest BCUT2D eigenvalue weighted by atomic mass is 16.3. The first-order valence-electron chi connectivity index (χ1n) is 7.13. The van der Waals surface area contributed by atoms with E-state index in [1.54, 1.807) is 0 Å². The molecule has 0 saturated carbocycles. The first-order valence-corrected chi connectivity index (χ1v) is 7.13. The van der Waals surface area contributed by atoms with Crippen LogP contribution in [0.1, 0.15) is 0 Å². The first-order chi connectivity index (χ1) is 10.4. The molecule has 0 saturated heterocycles. The Kier molecular flexibility index (Phi) is 2.01. The number of furan rings is 1. The van der Waals surface area contributed by atoms with Gasteiger partial charge in [-0.25, -0.2) is 0 Å². The molecule has 1 nitrogen and oxygen atoms in total. The predicted molar refractivity (Wildman–Crippen MR) is 88.7 cm³/mol. The lowest BCUT2D eigenvalue weighted by atomic mass is 10.00. The predicted octanol–water partition coefficient (Wildman–Crippen LogP) is 5.89. The zero-order valence-corrected chi connectivity index (χ0v) is 11.3. The summed E-state index contributed by atoms with van der Waals surface area (Å²) in [6.07, 6.45) is 0. The summed E-state index contributed by atoms with van der Waals surface area (Å²) in [6.45, 7) is 0. The standard InChI is InChI=1S/C20H12O/c1-3-7-15-13(5-1)9-11-17-19(15)20-16-8-4-2-6-14(16)10-12-18(20)21-17/h1-12H. The Balaban J connectivity index is 2.18. The van der Waals surface area contributed by atoms with Gasteiger partial charge in [-0.1, -0.05) is 60.7 Å². The van der Waals surface area contributed by atoms with Crippen molar-refractivity contribution < 1.29 is 4.42 Å². The van der Waals surface area contributed by atoms with E-state index in [9.17, 15) is 0 Å². The molecule has 0 radical (unpaired) electrons. The Bertz CT molecular complexity index is 1040. The van der Waals surface area contributed by atoms with Crippen LogP contribution in [0.3, 0.4) is 0 Å². The number of benzene rings is 4. The van der Waals surface area contributed by atoms with E-state index in [2.05, 4.69) is 72.8 Å². The van der Waals surface area contributed by atoms with E-state index >= 15 is 0 Å². The second kappa shape index (κ2) is 3.86. The van der Waals surface area contributed by atoms with Gasteiger partial charge < -0.3 is 4.42 Å². The van der Waals surface area contributed by atoms with Gasteiger partial charge >= 0.3 is 0 Å². The van der Waals surface area contributed by atoms with Crippen molar-refractivity contribution in [2.24, 2.45) is 0 Å². The second-order valence-electron chi connectivity index (χ2n) is 5.42. The van der Waals surface area contributed by atoms with Gasteiger partial charge in [0.25, 0.3) is 0 Å². The molecule has 5 rings (SSSR count). The molecule has 1 heterocycles. The quantitative estimate of drug-likeness (QED) is 0.341. The largest absolute Gasteiger partial charge is 0.456 e. The molecule has 0 bridgehead atoms. The van der Waals surface area contributed by atoms with Crippen molar-refractivity contribution in [1.82, 2.24) is 0 Å². The molecular formula is C20H12O. The monoisotopic (exact) mass is 268 g/mol. The van der Waals surface area contributed by atoms with Crippen LogP contribution in [0.15, 0.2) is 77.2 Å². The molecule has 0 aliphatic carbocycles. The van der Waals surface area contributed by atoms with Crippen LogP contribution in [-0.2, 0) is 0 Å². The van der Waals surface area contributed by atoms with Crippen LogP contribution in [0.25, 0.3) is 43.5 Å². The van der Waals surface area contributed by atoms with Crippen LogP contribution >= 0.6 is 0 Å². The van der Waals surface area contributed by atoms with Gasteiger partial charge in [0.1, 0.15) is 11.2 Å². The Labute approximate surface area is 121 Å². The van der Waals surface area contributed by atoms with E-state index in [0.29, 0.717) is 0 Å². The molecule has 1 heteroatoms. The minimum atomic E-state index is 0.958. The Hall–Kier alpha value is -2.80. The number of rotatable bonds is 0. The van der Waals surface area contributed by atoms with Gasteiger partial charge in [0.15, 0.2) is 0 Å². The fraction of sp³-hybridized carbons (Fsp3) is 0. The van der Waals surface area contributed by atoms with Crippen LogP contribution in [0.2, 0.25) is 0 Å². The van der Waals surface area contributed by atoms with Crippen molar-refractivity contribution in [2.75, 3.05) is 0 Å². The van der Waals surface area contributed by atoms with E-state index in [0.717, 1.165) is 11.2 Å². The minimum absolute atomic E-state index is 0.958. The zero-order valence-electron chi connectivity index (χ0n) is 11.3. The Morgan fingerprint density at radius 1 is 0.476 bits per heavy atom. The van der Waals surface area contributed by atoms with Gasteiger partial charge in [-0.05, 0) is 33.7 Å².